The lowest BCUT2D eigenvalue weighted by molar-refractivity contribution is 0.481. The molecule has 0 unspecified atom stereocenters. The van der Waals surface area contributed by atoms with Crippen LogP contribution in [-0.2, 0) is 0 Å². The minimum absolute atomic E-state index is 0.387. The molecule has 0 fully saturated rings. The van der Waals surface area contributed by atoms with Crippen LogP contribution in [0.1, 0.15) is 20.8 Å². The van der Waals surface area contributed by atoms with E-state index in [4.69, 9.17) is 19.0 Å². The highest BCUT2D eigenvalue weighted by Crippen LogP contribution is 2.57. The van der Waals surface area contributed by atoms with Crippen molar-refractivity contribution in [3.63, 3.8) is 0 Å². The van der Waals surface area contributed by atoms with Crippen LogP contribution in [0.5, 0.6) is 0 Å². The maximum atomic E-state index is 5.14. The van der Waals surface area contributed by atoms with Crippen molar-refractivity contribution in [2.45, 2.75) is 26.3 Å². The Morgan fingerprint density at radius 3 is 0.800 bits per heavy atom. The molecule has 176 valence electrons. The highest BCUT2D eigenvalue weighted by atomic mass is 31.2. The Morgan fingerprint density at radius 2 is 0.667 bits per heavy atom. The van der Waals surface area contributed by atoms with Crippen molar-refractivity contribution in [2.75, 3.05) is 84.6 Å². The van der Waals surface area contributed by atoms with E-state index in [0.717, 1.165) is 17.9 Å². The third kappa shape index (κ3) is 8.81. The molecule has 0 spiro atoms. The van der Waals surface area contributed by atoms with Crippen LogP contribution in [0.25, 0.3) is 0 Å². The van der Waals surface area contributed by atoms with Gasteiger partial charge in [0.1, 0.15) is 0 Å². The first-order valence-corrected chi connectivity index (χ1v) is 11.5. The fourth-order valence-corrected chi connectivity index (χ4v) is 5.50. The van der Waals surface area contributed by atoms with Crippen molar-refractivity contribution in [1.82, 2.24) is 29.4 Å². The average Bonchev–Trinajstić information content (AvgIpc) is 2.52. The number of rotatable bonds is 3. The molecule has 0 aromatic rings. The lowest BCUT2D eigenvalue weighted by atomic mass is 10.1. The molecule has 0 heterocycles. The number of hydrogen-bond acceptors (Lipinski definition) is 1. The van der Waals surface area contributed by atoms with E-state index in [1.54, 1.807) is 0 Å². The first-order chi connectivity index (χ1) is 13.4. The van der Waals surface area contributed by atoms with Crippen LogP contribution in [0, 0.1) is 0 Å². The van der Waals surface area contributed by atoms with E-state index in [1.165, 1.54) is 0 Å². The van der Waals surface area contributed by atoms with Crippen molar-refractivity contribution in [1.29, 1.82) is 0 Å². The Balaban J connectivity index is 7.66. The molecule has 0 aliphatic carbocycles. The predicted molar refractivity (Wildman–Crippen MR) is 134 cm³/mol. The van der Waals surface area contributed by atoms with Crippen LogP contribution in [0.3, 0.4) is 0 Å². The molecule has 0 aliphatic heterocycles. The van der Waals surface area contributed by atoms with Gasteiger partial charge in [-0.2, -0.15) is 14.3 Å². The second-order valence-electron chi connectivity index (χ2n) is 9.37. The predicted octanol–water partition coefficient (Wildman–Crippen LogP) is 2.17. The molecule has 0 amide bonds. The second kappa shape index (κ2) is 10.9. The minimum atomic E-state index is -2.97. The lowest BCUT2D eigenvalue weighted by Crippen LogP contribution is -2.37. The molecule has 0 N–H and O–H groups in total. The highest BCUT2D eigenvalue weighted by molar-refractivity contribution is 7.63. The third-order valence-corrected chi connectivity index (χ3v) is 5.71. The van der Waals surface area contributed by atoms with Gasteiger partial charge in [0.2, 0.25) is 17.9 Å². The van der Waals surface area contributed by atoms with E-state index in [-0.39, 0.29) is 5.54 Å². The molecule has 0 saturated carbocycles. The van der Waals surface area contributed by atoms with Crippen molar-refractivity contribution in [2.24, 2.45) is 19.0 Å². The van der Waals surface area contributed by atoms with Crippen molar-refractivity contribution < 1.29 is 0 Å². The Labute approximate surface area is 185 Å². The zero-order valence-electron chi connectivity index (χ0n) is 21.9. The molecule has 10 nitrogen and oxygen atoms in total. The highest BCUT2D eigenvalue weighted by Gasteiger charge is 2.28. The van der Waals surface area contributed by atoms with Crippen LogP contribution in [0.2, 0.25) is 0 Å². The first kappa shape index (κ1) is 28.0. The monoisotopic (exact) mass is 444 g/mol. The van der Waals surface area contributed by atoms with Crippen molar-refractivity contribution in [3.8, 4) is 0 Å². The van der Waals surface area contributed by atoms with E-state index in [9.17, 15) is 0 Å². The number of hydrogen-bond donors (Lipinski definition) is 0. The Bertz CT molecular complexity index is 584. The van der Waals surface area contributed by atoms with Gasteiger partial charge in [-0.3, -0.25) is 0 Å². The normalized spacial score (nSPS) is 11.2. The average molecular weight is 445 g/mol. The van der Waals surface area contributed by atoms with Gasteiger partial charge in [0.05, 0.1) is 5.54 Å². The molecule has 0 aromatic carbocycles. The summed E-state index contributed by atoms with van der Waals surface area (Å²) in [6, 6.07) is 0. The Hall–Kier alpha value is -1.96. The molecule has 0 radical (unpaired) electrons. The van der Waals surface area contributed by atoms with Gasteiger partial charge in [0, 0.05) is 84.6 Å². The van der Waals surface area contributed by atoms with Gasteiger partial charge in [0.15, 0.2) is 0 Å². The van der Waals surface area contributed by atoms with Gasteiger partial charge in [-0.05, 0) is 20.8 Å². The molecule has 0 aromatic heterocycles. The van der Waals surface area contributed by atoms with E-state index < -0.39 is 7.51 Å². The Kier molecular flexibility index (Phi) is 10.2. The summed E-state index contributed by atoms with van der Waals surface area (Å²) in [5.74, 6) is 2.28. The minimum Gasteiger partial charge on any atom is -0.349 e. The molecule has 0 saturated heterocycles. The summed E-state index contributed by atoms with van der Waals surface area (Å²) in [5, 5.41) is 0. The largest absolute Gasteiger partial charge is 0.349 e. The molecule has 30 heavy (non-hydrogen) atoms. The zero-order chi connectivity index (χ0) is 24.0. The van der Waals surface area contributed by atoms with Gasteiger partial charge in [-0.15, -0.1) is 0 Å². The van der Waals surface area contributed by atoms with E-state index in [2.05, 4.69) is 20.8 Å². The van der Waals surface area contributed by atoms with Crippen LogP contribution in [-0.4, -0.2) is 137 Å². The summed E-state index contributed by atoms with van der Waals surface area (Å²) in [6.07, 6.45) is 0. The summed E-state index contributed by atoms with van der Waals surface area (Å²) >= 11 is 0. The van der Waals surface area contributed by atoms with Gasteiger partial charge < -0.3 is 29.4 Å². The van der Waals surface area contributed by atoms with E-state index in [0.29, 0.717) is 0 Å². The SMILES string of the molecule is CN(C)C(=NP(N=C(N(C)C)N(C)C)(N=C(N(C)C)N(C)C)=NC(C)(C)C)N(C)C. The van der Waals surface area contributed by atoms with E-state index in [1.807, 2.05) is 114 Å². The summed E-state index contributed by atoms with van der Waals surface area (Å²) in [6.45, 7) is 6.18. The molecule has 0 rings (SSSR count). The van der Waals surface area contributed by atoms with Crippen LogP contribution < -0.4 is 0 Å². The van der Waals surface area contributed by atoms with Crippen LogP contribution >= 0.6 is 7.51 Å². The van der Waals surface area contributed by atoms with Crippen LogP contribution in [0.15, 0.2) is 19.0 Å². The molecule has 0 aliphatic rings. The summed E-state index contributed by atoms with van der Waals surface area (Å²) in [4.78, 5) is 11.8. The molecule has 11 heteroatoms. The summed E-state index contributed by atoms with van der Waals surface area (Å²) < 4.78 is 20.5. The lowest BCUT2D eigenvalue weighted by Gasteiger charge is -2.30. The molecule has 0 atom stereocenters. The number of guanidine groups is 3. The summed E-state index contributed by atoms with van der Waals surface area (Å²) in [5.41, 5.74) is -0.387. The van der Waals surface area contributed by atoms with Gasteiger partial charge in [-0.1, -0.05) is 0 Å². The molecule has 0 bridgehead atoms. The van der Waals surface area contributed by atoms with Gasteiger partial charge in [-0.25, -0.2) is 4.74 Å². The van der Waals surface area contributed by atoms with Gasteiger partial charge in [0.25, 0.3) is 0 Å². The maximum absolute atomic E-state index is 5.14. The molecular formula is C19H45N10P. The van der Waals surface area contributed by atoms with Gasteiger partial charge >= 0.3 is 7.51 Å². The number of nitrogens with zero attached hydrogens (tertiary/aromatic N) is 10. The fourth-order valence-electron chi connectivity index (χ4n) is 2.63. The fraction of sp³-hybridized carbons (Fsp3) is 0.842. The van der Waals surface area contributed by atoms with E-state index >= 15 is 0 Å². The summed E-state index contributed by atoms with van der Waals surface area (Å²) in [7, 11) is 20.6. The standard InChI is InChI=1S/C19H45N10P/c1-19(2,3)23-30(20-16(24(4)5)25(6)7,21-17(26(8)9)27(10)11)22-18(28(12)13)29(14)15/h1-15H3. The van der Waals surface area contributed by atoms with Crippen molar-refractivity contribution in [3.05, 3.63) is 0 Å². The zero-order valence-corrected chi connectivity index (χ0v) is 22.8. The molecular weight excluding hydrogens is 399 g/mol. The topological polar surface area (TPSA) is 68.9 Å². The Morgan fingerprint density at radius 1 is 0.467 bits per heavy atom. The van der Waals surface area contributed by atoms with Crippen LogP contribution in [0.4, 0.5) is 0 Å². The maximum Gasteiger partial charge on any atom is 0.310 e. The third-order valence-electron chi connectivity index (χ3n) is 3.50. The smallest absolute Gasteiger partial charge is 0.310 e. The second-order valence-corrected chi connectivity index (χ2v) is 11.2. The van der Waals surface area contributed by atoms with Crippen molar-refractivity contribution >= 4 is 25.4 Å². The quantitative estimate of drug-likeness (QED) is 0.378. The first-order valence-electron chi connectivity index (χ1n) is 9.90.